The molecule has 3 nitrogen and oxygen atoms in total. The van der Waals surface area contributed by atoms with E-state index in [0.717, 1.165) is 12.2 Å². The molecular formula is C14H22N3S+. The Balaban J connectivity index is 2.13. The van der Waals surface area contributed by atoms with Gasteiger partial charge in [-0.3, -0.25) is 0 Å². The fourth-order valence-corrected chi connectivity index (χ4v) is 3.27. The van der Waals surface area contributed by atoms with E-state index in [9.17, 15) is 0 Å². The second-order valence-corrected chi connectivity index (χ2v) is 6.25. The van der Waals surface area contributed by atoms with E-state index in [1.54, 1.807) is 0 Å². The van der Waals surface area contributed by atoms with Crippen LogP contribution in [-0.4, -0.2) is 9.55 Å². The summed E-state index contributed by atoms with van der Waals surface area (Å²) in [5, 5.41) is 0. The lowest BCUT2D eigenvalue weighted by molar-refractivity contribution is -0.695. The molecule has 2 rings (SSSR count). The molecule has 98 valence electrons. The van der Waals surface area contributed by atoms with Crippen molar-refractivity contribution in [2.45, 2.75) is 46.1 Å². The van der Waals surface area contributed by atoms with Gasteiger partial charge in [0.25, 0.3) is 0 Å². The number of hydrogen-bond donors (Lipinski definition) is 0. The van der Waals surface area contributed by atoms with Gasteiger partial charge in [-0.05, 0) is 12.8 Å². The van der Waals surface area contributed by atoms with Crippen LogP contribution in [0.3, 0.4) is 0 Å². The number of nitrogens with zero attached hydrogens (tertiary/aromatic N) is 3. The van der Waals surface area contributed by atoms with Crippen LogP contribution in [0.5, 0.6) is 0 Å². The van der Waals surface area contributed by atoms with Gasteiger partial charge in [0.15, 0.2) is 12.7 Å². The van der Waals surface area contributed by atoms with Crippen molar-refractivity contribution in [2.75, 3.05) is 0 Å². The van der Waals surface area contributed by atoms with Gasteiger partial charge in [-0.1, -0.05) is 32.1 Å². The molecule has 18 heavy (non-hydrogen) atoms. The number of aromatic nitrogens is 3. The highest BCUT2D eigenvalue weighted by molar-refractivity contribution is 7.09. The number of imidazole rings is 1. The first-order valence-electron chi connectivity index (χ1n) is 6.44. The molecule has 0 saturated heterocycles. The zero-order chi connectivity index (χ0) is 13.3. The van der Waals surface area contributed by atoms with Crippen molar-refractivity contribution in [2.24, 2.45) is 7.05 Å². The van der Waals surface area contributed by atoms with Crippen molar-refractivity contribution in [1.82, 2.24) is 9.55 Å². The highest BCUT2D eigenvalue weighted by atomic mass is 32.1. The first-order valence-corrected chi connectivity index (χ1v) is 7.32. The molecule has 0 aliphatic heterocycles. The van der Waals surface area contributed by atoms with Gasteiger partial charge in [0, 0.05) is 12.7 Å². The minimum Gasteiger partial charge on any atom is -0.337 e. The van der Waals surface area contributed by atoms with E-state index in [-0.39, 0.29) is 0 Å². The van der Waals surface area contributed by atoms with E-state index in [4.69, 9.17) is 0 Å². The largest absolute Gasteiger partial charge is 0.337 e. The molecular weight excluding hydrogens is 242 g/mol. The molecule has 0 aliphatic carbocycles. The van der Waals surface area contributed by atoms with Crippen molar-refractivity contribution in [3.8, 4) is 0 Å². The van der Waals surface area contributed by atoms with Crippen LogP contribution in [0.1, 0.15) is 48.9 Å². The van der Waals surface area contributed by atoms with E-state index in [1.165, 1.54) is 10.6 Å². The average Bonchev–Trinajstić information content (AvgIpc) is 2.86. The predicted molar refractivity (Wildman–Crippen MR) is 75.0 cm³/mol. The van der Waals surface area contributed by atoms with Crippen molar-refractivity contribution in [3.05, 3.63) is 34.3 Å². The highest BCUT2D eigenvalue weighted by Crippen LogP contribution is 2.20. The van der Waals surface area contributed by atoms with Crippen molar-refractivity contribution >= 4 is 11.3 Å². The Labute approximate surface area is 113 Å². The Kier molecular flexibility index (Phi) is 3.85. The Morgan fingerprint density at radius 1 is 1.39 bits per heavy atom. The number of aryl methyl sites for hydroxylation is 2. The van der Waals surface area contributed by atoms with Gasteiger partial charge in [-0.25, -0.2) is 4.98 Å². The van der Waals surface area contributed by atoms with Gasteiger partial charge in [0.05, 0.1) is 22.8 Å². The molecule has 4 heteroatoms. The maximum atomic E-state index is 4.37. The van der Waals surface area contributed by atoms with Gasteiger partial charge in [0.1, 0.15) is 0 Å². The van der Waals surface area contributed by atoms with Crippen LogP contribution < -0.4 is 4.57 Å². The Hall–Kier alpha value is -1.16. The molecule has 0 aliphatic rings. The molecule has 2 aromatic heterocycles. The summed E-state index contributed by atoms with van der Waals surface area (Å²) in [5.74, 6) is 1.10. The topological polar surface area (TPSA) is 21.7 Å². The summed E-state index contributed by atoms with van der Waals surface area (Å²) in [6.07, 6.45) is 4.18. The van der Waals surface area contributed by atoms with Crippen LogP contribution in [-0.2, 0) is 13.6 Å². The van der Waals surface area contributed by atoms with Gasteiger partial charge in [0.2, 0.25) is 5.51 Å². The molecule has 0 bridgehead atoms. The number of thiazole rings is 1. The van der Waals surface area contributed by atoms with Gasteiger partial charge >= 0.3 is 0 Å². The molecule has 0 amide bonds. The zero-order valence-electron chi connectivity index (χ0n) is 11.8. The molecule has 0 N–H and O–H groups in total. The summed E-state index contributed by atoms with van der Waals surface area (Å²) in [6.45, 7) is 9.85. The monoisotopic (exact) mass is 264 g/mol. The Bertz CT molecular complexity index is 505. The van der Waals surface area contributed by atoms with E-state index < -0.39 is 0 Å². The normalized spacial score (nSPS) is 13.2. The zero-order valence-corrected chi connectivity index (χ0v) is 12.7. The van der Waals surface area contributed by atoms with Gasteiger partial charge in [-0.15, -0.1) is 0 Å². The van der Waals surface area contributed by atoms with Crippen LogP contribution in [0.2, 0.25) is 0 Å². The molecule has 0 saturated carbocycles. The van der Waals surface area contributed by atoms with Crippen molar-refractivity contribution < 1.29 is 4.57 Å². The fourth-order valence-electron chi connectivity index (χ4n) is 2.40. The van der Waals surface area contributed by atoms with E-state index in [0.29, 0.717) is 11.8 Å². The van der Waals surface area contributed by atoms with Crippen LogP contribution >= 0.6 is 11.3 Å². The van der Waals surface area contributed by atoms with E-state index >= 15 is 0 Å². The first kappa shape index (κ1) is 13.3. The fraction of sp³-hybridized carbons (Fsp3) is 0.571. The predicted octanol–water partition coefficient (Wildman–Crippen LogP) is 3.00. The maximum Gasteiger partial charge on any atom is 0.225 e. The number of rotatable bonds is 4. The van der Waals surface area contributed by atoms with Crippen molar-refractivity contribution in [3.63, 3.8) is 0 Å². The van der Waals surface area contributed by atoms with Crippen molar-refractivity contribution in [1.29, 1.82) is 0 Å². The quantitative estimate of drug-likeness (QED) is 0.778. The van der Waals surface area contributed by atoms with Gasteiger partial charge < -0.3 is 4.57 Å². The van der Waals surface area contributed by atoms with Crippen LogP contribution in [0, 0.1) is 6.92 Å². The molecule has 2 heterocycles. The Morgan fingerprint density at radius 2 is 2.11 bits per heavy atom. The molecule has 2 aromatic rings. The average molecular weight is 264 g/mol. The first-order chi connectivity index (χ1) is 8.49. The lowest BCUT2D eigenvalue weighted by Crippen LogP contribution is -2.34. The third kappa shape index (κ3) is 2.64. The summed E-state index contributed by atoms with van der Waals surface area (Å²) in [5.41, 5.74) is 4.70. The summed E-state index contributed by atoms with van der Waals surface area (Å²) in [7, 11) is 2.07. The highest BCUT2D eigenvalue weighted by Gasteiger charge is 2.19. The van der Waals surface area contributed by atoms with Crippen LogP contribution in [0.15, 0.2) is 18.0 Å². The molecule has 0 radical (unpaired) electrons. The minimum atomic E-state index is 0.483. The molecule has 1 unspecified atom stereocenters. The number of hydrogen-bond acceptors (Lipinski definition) is 2. The van der Waals surface area contributed by atoms with E-state index in [2.05, 4.69) is 60.6 Å². The van der Waals surface area contributed by atoms with Crippen LogP contribution in [0.25, 0.3) is 0 Å². The summed E-state index contributed by atoms with van der Waals surface area (Å²) < 4.78 is 4.44. The minimum absolute atomic E-state index is 0.483. The second kappa shape index (κ2) is 5.22. The van der Waals surface area contributed by atoms with Gasteiger partial charge in [-0.2, -0.15) is 4.57 Å². The van der Waals surface area contributed by atoms with Crippen LogP contribution in [0.4, 0.5) is 0 Å². The third-order valence-electron chi connectivity index (χ3n) is 3.31. The Morgan fingerprint density at radius 3 is 2.61 bits per heavy atom. The SMILES string of the molecule is Cc1ncn(C)c1C(C)C[n+]1csc(C(C)C)c1. The molecule has 0 spiro atoms. The summed E-state index contributed by atoms with van der Waals surface area (Å²) >= 11 is 1.85. The molecule has 0 fully saturated rings. The lowest BCUT2D eigenvalue weighted by atomic mass is 10.1. The lowest BCUT2D eigenvalue weighted by Gasteiger charge is -2.09. The molecule has 1 atom stereocenters. The maximum absolute atomic E-state index is 4.37. The van der Waals surface area contributed by atoms with E-state index in [1.807, 2.05) is 17.7 Å². The second-order valence-electron chi connectivity index (χ2n) is 5.33. The molecule has 0 aromatic carbocycles. The third-order valence-corrected chi connectivity index (χ3v) is 4.54. The summed E-state index contributed by atoms with van der Waals surface area (Å²) in [6, 6.07) is 0. The summed E-state index contributed by atoms with van der Waals surface area (Å²) in [4.78, 5) is 5.82. The smallest absolute Gasteiger partial charge is 0.225 e. The standard InChI is InChI=1S/C14H22N3S/c1-10(2)13-7-17(9-18-13)6-11(3)14-12(4)15-8-16(14)5/h7-11H,6H2,1-5H3/q+1.